The summed E-state index contributed by atoms with van der Waals surface area (Å²) in [7, 11) is 0. The molecule has 4 nitrogen and oxygen atoms in total. The average Bonchev–Trinajstić information content (AvgIpc) is 2.70. The standard InChI is InChI=1S/C21H28N4.ClH/c1-2-4-19(5-3-1)18-23-12-8-21(9-13-23)25-16-14-24(15-17-25)20-6-10-22-11-7-20;/h1-7,10-11,21H,8-9,12-18H2;1H. The van der Waals surface area contributed by atoms with E-state index in [0.29, 0.717) is 0 Å². The van der Waals surface area contributed by atoms with Gasteiger partial charge in [0.05, 0.1) is 0 Å². The zero-order valence-corrected chi connectivity index (χ0v) is 16.2. The summed E-state index contributed by atoms with van der Waals surface area (Å²) in [6.45, 7) is 8.19. The van der Waals surface area contributed by atoms with Crippen molar-refractivity contribution in [1.82, 2.24) is 14.8 Å². The van der Waals surface area contributed by atoms with Gasteiger partial charge in [-0.25, -0.2) is 0 Å². The van der Waals surface area contributed by atoms with Crippen LogP contribution in [0.25, 0.3) is 0 Å². The van der Waals surface area contributed by atoms with E-state index in [0.717, 1.165) is 25.7 Å². The number of likely N-dealkylation sites (tertiary alicyclic amines) is 1. The van der Waals surface area contributed by atoms with E-state index < -0.39 is 0 Å². The molecule has 0 spiro atoms. The molecule has 0 saturated carbocycles. The Bertz CT molecular complexity index is 636. The first-order valence-corrected chi connectivity index (χ1v) is 9.54. The summed E-state index contributed by atoms with van der Waals surface area (Å²) < 4.78 is 0. The number of aromatic nitrogens is 1. The molecule has 2 aliphatic heterocycles. The third-order valence-corrected chi connectivity index (χ3v) is 5.66. The molecular formula is C21H29ClN4. The zero-order chi connectivity index (χ0) is 16.9. The van der Waals surface area contributed by atoms with Gasteiger partial charge >= 0.3 is 0 Å². The molecule has 0 bridgehead atoms. The third-order valence-electron chi connectivity index (χ3n) is 5.66. The molecule has 3 heterocycles. The number of halogens is 1. The van der Waals surface area contributed by atoms with Gasteiger partial charge in [-0.1, -0.05) is 30.3 Å². The topological polar surface area (TPSA) is 22.6 Å². The van der Waals surface area contributed by atoms with Crippen molar-refractivity contribution in [2.45, 2.75) is 25.4 Å². The Hall–Kier alpha value is -1.62. The van der Waals surface area contributed by atoms with Gasteiger partial charge in [0.25, 0.3) is 0 Å². The Balaban J connectivity index is 0.00000196. The Morgan fingerprint density at radius 2 is 1.46 bits per heavy atom. The highest BCUT2D eigenvalue weighted by Gasteiger charge is 2.27. The van der Waals surface area contributed by atoms with Crippen molar-refractivity contribution in [2.24, 2.45) is 0 Å². The SMILES string of the molecule is Cl.c1ccc(CN2CCC(N3CCN(c4ccncc4)CC3)CC2)cc1. The molecule has 1 aromatic carbocycles. The molecule has 0 radical (unpaired) electrons. The fourth-order valence-corrected chi connectivity index (χ4v) is 4.18. The van der Waals surface area contributed by atoms with Crippen LogP contribution in [0, 0.1) is 0 Å². The highest BCUT2D eigenvalue weighted by molar-refractivity contribution is 5.85. The molecule has 5 heteroatoms. The van der Waals surface area contributed by atoms with E-state index in [1.807, 2.05) is 12.4 Å². The maximum absolute atomic E-state index is 4.12. The van der Waals surface area contributed by atoms with Crippen LogP contribution in [-0.2, 0) is 6.54 Å². The van der Waals surface area contributed by atoms with Crippen LogP contribution in [0.1, 0.15) is 18.4 Å². The molecule has 2 aliphatic rings. The lowest BCUT2D eigenvalue weighted by Crippen LogP contribution is -2.53. The smallest absolute Gasteiger partial charge is 0.0397 e. The summed E-state index contributed by atoms with van der Waals surface area (Å²) in [6, 6.07) is 15.9. The van der Waals surface area contributed by atoms with Gasteiger partial charge in [0.2, 0.25) is 0 Å². The maximum atomic E-state index is 4.12. The summed E-state index contributed by atoms with van der Waals surface area (Å²) in [4.78, 5) is 11.9. The van der Waals surface area contributed by atoms with E-state index in [4.69, 9.17) is 0 Å². The van der Waals surface area contributed by atoms with Gasteiger partial charge in [0, 0.05) is 56.8 Å². The van der Waals surface area contributed by atoms with Gasteiger partial charge in [-0.3, -0.25) is 14.8 Å². The molecule has 0 amide bonds. The fourth-order valence-electron chi connectivity index (χ4n) is 4.18. The number of piperazine rings is 1. The molecule has 2 fully saturated rings. The average molecular weight is 373 g/mol. The fraction of sp³-hybridized carbons (Fsp3) is 0.476. The van der Waals surface area contributed by atoms with E-state index in [2.05, 4.69) is 62.1 Å². The number of hydrogen-bond acceptors (Lipinski definition) is 4. The van der Waals surface area contributed by atoms with Gasteiger partial charge in [-0.05, 0) is 43.6 Å². The number of nitrogens with zero attached hydrogens (tertiary/aromatic N) is 4. The minimum atomic E-state index is 0. The second-order valence-corrected chi connectivity index (χ2v) is 7.22. The summed E-state index contributed by atoms with van der Waals surface area (Å²) in [5, 5.41) is 0. The monoisotopic (exact) mass is 372 g/mol. The molecule has 0 N–H and O–H groups in total. The van der Waals surface area contributed by atoms with Crippen LogP contribution >= 0.6 is 12.4 Å². The number of anilines is 1. The Morgan fingerprint density at radius 1 is 0.808 bits per heavy atom. The van der Waals surface area contributed by atoms with Crippen LogP contribution in [0.5, 0.6) is 0 Å². The minimum absolute atomic E-state index is 0. The van der Waals surface area contributed by atoms with E-state index in [1.54, 1.807) is 0 Å². The first-order chi connectivity index (χ1) is 12.4. The summed E-state index contributed by atoms with van der Waals surface area (Å²) in [6.07, 6.45) is 6.40. The van der Waals surface area contributed by atoms with Gasteiger partial charge in [0.1, 0.15) is 0 Å². The van der Waals surface area contributed by atoms with E-state index >= 15 is 0 Å². The normalized spacial score (nSPS) is 19.9. The van der Waals surface area contributed by atoms with Crippen LogP contribution in [-0.4, -0.2) is 60.1 Å². The van der Waals surface area contributed by atoms with Crippen molar-refractivity contribution < 1.29 is 0 Å². The van der Waals surface area contributed by atoms with E-state index in [9.17, 15) is 0 Å². The van der Waals surface area contributed by atoms with Crippen LogP contribution in [0.4, 0.5) is 5.69 Å². The van der Waals surface area contributed by atoms with Gasteiger partial charge in [-0.2, -0.15) is 0 Å². The van der Waals surface area contributed by atoms with Crippen molar-refractivity contribution in [3.8, 4) is 0 Å². The van der Waals surface area contributed by atoms with Crippen molar-refractivity contribution >= 4 is 18.1 Å². The first kappa shape index (κ1) is 19.2. The molecular weight excluding hydrogens is 344 g/mol. The summed E-state index contributed by atoms with van der Waals surface area (Å²) >= 11 is 0. The van der Waals surface area contributed by atoms with Crippen molar-refractivity contribution in [1.29, 1.82) is 0 Å². The van der Waals surface area contributed by atoms with Crippen LogP contribution in [0.2, 0.25) is 0 Å². The van der Waals surface area contributed by atoms with Crippen molar-refractivity contribution in [3.63, 3.8) is 0 Å². The quantitative estimate of drug-likeness (QED) is 0.821. The molecule has 0 unspecified atom stereocenters. The molecule has 26 heavy (non-hydrogen) atoms. The Labute approximate surface area is 163 Å². The molecule has 0 aliphatic carbocycles. The molecule has 2 saturated heterocycles. The predicted octanol–water partition coefficient (Wildman–Crippen LogP) is 3.29. The summed E-state index contributed by atoms with van der Waals surface area (Å²) in [5.41, 5.74) is 2.75. The number of rotatable bonds is 4. The lowest BCUT2D eigenvalue weighted by molar-refractivity contribution is 0.0998. The summed E-state index contributed by atoms with van der Waals surface area (Å²) in [5.74, 6) is 0. The predicted molar refractivity (Wildman–Crippen MR) is 110 cm³/mol. The Morgan fingerprint density at radius 3 is 2.12 bits per heavy atom. The van der Waals surface area contributed by atoms with E-state index in [-0.39, 0.29) is 12.4 Å². The number of benzene rings is 1. The molecule has 4 rings (SSSR count). The molecule has 1 aromatic heterocycles. The maximum Gasteiger partial charge on any atom is 0.0397 e. The second kappa shape index (κ2) is 9.36. The highest BCUT2D eigenvalue weighted by Crippen LogP contribution is 2.21. The lowest BCUT2D eigenvalue weighted by atomic mass is 10.0. The van der Waals surface area contributed by atoms with Crippen LogP contribution < -0.4 is 4.90 Å². The highest BCUT2D eigenvalue weighted by atomic mass is 35.5. The van der Waals surface area contributed by atoms with Crippen LogP contribution in [0.15, 0.2) is 54.9 Å². The number of hydrogen-bond donors (Lipinski definition) is 0. The Kier molecular flexibility index (Phi) is 6.89. The zero-order valence-electron chi connectivity index (χ0n) is 15.3. The van der Waals surface area contributed by atoms with Gasteiger partial charge in [-0.15, -0.1) is 12.4 Å². The number of piperidine rings is 1. The van der Waals surface area contributed by atoms with Crippen LogP contribution in [0.3, 0.4) is 0 Å². The second-order valence-electron chi connectivity index (χ2n) is 7.22. The third kappa shape index (κ3) is 4.76. The number of pyridine rings is 1. The molecule has 2 aromatic rings. The molecule has 0 atom stereocenters. The van der Waals surface area contributed by atoms with Crippen molar-refractivity contribution in [3.05, 3.63) is 60.4 Å². The van der Waals surface area contributed by atoms with Crippen molar-refractivity contribution in [2.75, 3.05) is 44.2 Å². The van der Waals surface area contributed by atoms with Gasteiger partial charge < -0.3 is 4.90 Å². The van der Waals surface area contributed by atoms with E-state index in [1.165, 1.54) is 50.3 Å². The first-order valence-electron chi connectivity index (χ1n) is 9.54. The largest absolute Gasteiger partial charge is 0.369 e. The minimum Gasteiger partial charge on any atom is -0.369 e. The lowest BCUT2D eigenvalue weighted by Gasteiger charge is -2.43. The molecule has 140 valence electrons. The van der Waals surface area contributed by atoms with Gasteiger partial charge in [0.15, 0.2) is 0 Å².